The van der Waals surface area contributed by atoms with Crippen molar-refractivity contribution in [3.63, 3.8) is 0 Å². The van der Waals surface area contributed by atoms with E-state index in [1.807, 2.05) is 5.38 Å². The van der Waals surface area contributed by atoms with Crippen molar-refractivity contribution < 1.29 is 4.79 Å². The summed E-state index contributed by atoms with van der Waals surface area (Å²) in [5.74, 6) is 5.66. The summed E-state index contributed by atoms with van der Waals surface area (Å²) in [7, 11) is 0. The highest BCUT2D eigenvalue weighted by molar-refractivity contribution is 7.11. The SMILES string of the molecule is CCCN(Cc1csc(C(=O)NN)n1)CC1CC1. The third kappa shape index (κ3) is 3.76. The van der Waals surface area contributed by atoms with E-state index in [0.29, 0.717) is 5.01 Å². The molecule has 0 atom stereocenters. The molecule has 0 saturated heterocycles. The third-order valence-electron chi connectivity index (χ3n) is 3.02. The Morgan fingerprint density at radius 2 is 2.44 bits per heavy atom. The molecule has 1 saturated carbocycles. The highest BCUT2D eigenvalue weighted by Crippen LogP contribution is 2.30. The molecule has 2 rings (SSSR count). The number of thiazole rings is 1. The van der Waals surface area contributed by atoms with Crippen LogP contribution in [0.5, 0.6) is 0 Å². The maximum absolute atomic E-state index is 11.3. The average Bonchev–Trinajstić information content (AvgIpc) is 3.05. The number of nitrogens with zero attached hydrogens (tertiary/aromatic N) is 2. The van der Waals surface area contributed by atoms with Crippen LogP contribution >= 0.6 is 11.3 Å². The highest BCUT2D eigenvalue weighted by Gasteiger charge is 2.24. The van der Waals surface area contributed by atoms with E-state index in [9.17, 15) is 4.79 Å². The van der Waals surface area contributed by atoms with Gasteiger partial charge in [-0.25, -0.2) is 10.8 Å². The predicted octanol–water partition coefficient (Wildman–Crippen LogP) is 1.37. The van der Waals surface area contributed by atoms with Crippen LogP contribution < -0.4 is 11.3 Å². The fraction of sp³-hybridized carbons (Fsp3) is 0.667. The second-order valence-corrected chi connectivity index (χ2v) is 5.65. The second kappa shape index (κ2) is 6.26. The Hall–Kier alpha value is -0.980. The van der Waals surface area contributed by atoms with Gasteiger partial charge in [-0.05, 0) is 31.7 Å². The van der Waals surface area contributed by atoms with Gasteiger partial charge in [0.05, 0.1) is 5.69 Å². The number of nitrogens with two attached hydrogens (primary N) is 1. The molecule has 0 aromatic carbocycles. The molecule has 1 aromatic heterocycles. The van der Waals surface area contributed by atoms with Gasteiger partial charge < -0.3 is 0 Å². The molecule has 18 heavy (non-hydrogen) atoms. The van der Waals surface area contributed by atoms with Crippen molar-refractivity contribution in [3.05, 3.63) is 16.1 Å². The Kier molecular flexibility index (Phi) is 4.68. The van der Waals surface area contributed by atoms with E-state index in [-0.39, 0.29) is 5.91 Å². The quantitative estimate of drug-likeness (QED) is 0.445. The van der Waals surface area contributed by atoms with E-state index in [1.165, 1.54) is 24.2 Å². The molecular formula is C12H20N4OS. The zero-order valence-electron chi connectivity index (χ0n) is 10.7. The summed E-state index contributed by atoms with van der Waals surface area (Å²) in [6, 6.07) is 0. The van der Waals surface area contributed by atoms with Crippen molar-refractivity contribution in [2.24, 2.45) is 11.8 Å². The summed E-state index contributed by atoms with van der Waals surface area (Å²) in [6.07, 6.45) is 3.86. The van der Waals surface area contributed by atoms with Crippen molar-refractivity contribution in [1.29, 1.82) is 0 Å². The van der Waals surface area contributed by atoms with Crippen molar-refractivity contribution in [2.75, 3.05) is 13.1 Å². The van der Waals surface area contributed by atoms with E-state index < -0.39 is 0 Å². The van der Waals surface area contributed by atoms with Crippen molar-refractivity contribution in [2.45, 2.75) is 32.7 Å². The number of hydrazine groups is 1. The zero-order valence-corrected chi connectivity index (χ0v) is 11.5. The molecule has 0 spiro atoms. The summed E-state index contributed by atoms with van der Waals surface area (Å²) in [4.78, 5) is 18.1. The Bertz CT molecular complexity index is 403. The Balaban J connectivity index is 1.92. The lowest BCUT2D eigenvalue weighted by atomic mass is 10.3. The molecule has 1 fully saturated rings. The maximum Gasteiger partial charge on any atom is 0.294 e. The third-order valence-corrected chi connectivity index (χ3v) is 3.91. The van der Waals surface area contributed by atoms with Crippen LogP contribution in [-0.4, -0.2) is 28.9 Å². The number of carbonyl (C=O) groups excluding carboxylic acids is 1. The first-order chi connectivity index (χ1) is 8.72. The molecular weight excluding hydrogens is 248 g/mol. The van der Waals surface area contributed by atoms with Gasteiger partial charge in [-0.2, -0.15) is 0 Å². The summed E-state index contributed by atoms with van der Waals surface area (Å²) >= 11 is 1.35. The van der Waals surface area contributed by atoms with Crippen molar-refractivity contribution >= 4 is 17.2 Å². The highest BCUT2D eigenvalue weighted by atomic mass is 32.1. The first-order valence-electron chi connectivity index (χ1n) is 6.40. The Morgan fingerprint density at radius 1 is 1.67 bits per heavy atom. The van der Waals surface area contributed by atoms with Crippen LogP contribution in [0.1, 0.15) is 41.7 Å². The molecule has 1 amide bonds. The molecule has 3 N–H and O–H groups in total. The first-order valence-corrected chi connectivity index (χ1v) is 7.28. The predicted molar refractivity (Wildman–Crippen MR) is 72.1 cm³/mol. The molecule has 100 valence electrons. The van der Waals surface area contributed by atoms with Crippen molar-refractivity contribution in [1.82, 2.24) is 15.3 Å². The largest absolute Gasteiger partial charge is 0.297 e. The van der Waals surface area contributed by atoms with Gasteiger partial charge in [-0.1, -0.05) is 6.92 Å². The monoisotopic (exact) mass is 268 g/mol. The lowest BCUT2D eigenvalue weighted by molar-refractivity contribution is 0.0953. The summed E-state index contributed by atoms with van der Waals surface area (Å²) in [5, 5.41) is 2.38. The fourth-order valence-electron chi connectivity index (χ4n) is 1.99. The van der Waals surface area contributed by atoms with Crippen LogP contribution in [0.25, 0.3) is 0 Å². The Labute approximate surface area is 111 Å². The van der Waals surface area contributed by atoms with E-state index in [2.05, 4.69) is 22.2 Å². The molecule has 0 unspecified atom stereocenters. The summed E-state index contributed by atoms with van der Waals surface area (Å²) in [5.41, 5.74) is 3.08. The molecule has 5 nitrogen and oxygen atoms in total. The average molecular weight is 268 g/mol. The summed E-state index contributed by atoms with van der Waals surface area (Å²) < 4.78 is 0. The molecule has 0 aliphatic heterocycles. The van der Waals surface area contributed by atoms with E-state index >= 15 is 0 Å². The fourth-order valence-corrected chi connectivity index (χ4v) is 2.70. The van der Waals surface area contributed by atoms with Gasteiger partial charge in [0.15, 0.2) is 5.01 Å². The van der Waals surface area contributed by atoms with Crippen LogP contribution in [-0.2, 0) is 6.54 Å². The number of rotatable bonds is 7. The van der Waals surface area contributed by atoms with Gasteiger partial charge in [-0.15, -0.1) is 11.3 Å². The smallest absolute Gasteiger partial charge is 0.294 e. The van der Waals surface area contributed by atoms with Crippen LogP contribution in [0.15, 0.2) is 5.38 Å². The minimum atomic E-state index is -0.310. The van der Waals surface area contributed by atoms with Gasteiger partial charge in [0.25, 0.3) is 5.91 Å². The van der Waals surface area contributed by atoms with Crippen LogP contribution in [0, 0.1) is 5.92 Å². The van der Waals surface area contributed by atoms with Gasteiger partial charge in [-0.3, -0.25) is 15.1 Å². The number of aromatic nitrogens is 1. The number of hydrogen-bond donors (Lipinski definition) is 2. The number of hydrogen-bond acceptors (Lipinski definition) is 5. The normalized spacial score (nSPS) is 15.1. The molecule has 1 aromatic rings. The molecule has 0 bridgehead atoms. The molecule has 1 heterocycles. The standard InChI is InChI=1S/C12H20N4OS/c1-2-5-16(6-9-3-4-9)7-10-8-18-12(14-10)11(17)15-13/h8-9H,2-7,13H2,1H3,(H,15,17). The number of amides is 1. The first kappa shape index (κ1) is 13.5. The van der Waals surface area contributed by atoms with Gasteiger partial charge in [0.2, 0.25) is 0 Å². The number of nitrogen functional groups attached to an aromatic ring is 1. The molecule has 0 radical (unpaired) electrons. The number of nitrogens with one attached hydrogen (secondary N) is 1. The van der Waals surface area contributed by atoms with E-state index in [1.54, 1.807) is 0 Å². The zero-order chi connectivity index (χ0) is 13.0. The molecule has 1 aliphatic carbocycles. The lowest BCUT2D eigenvalue weighted by Gasteiger charge is -2.20. The molecule has 1 aliphatic rings. The maximum atomic E-state index is 11.3. The van der Waals surface area contributed by atoms with Gasteiger partial charge in [0, 0.05) is 18.5 Å². The van der Waals surface area contributed by atoms with Gasteiger partial charge >= 0.3 is 0 Å². The van der Waals surface area contributed by atoms with Gasteiger partial charge in [0.1, 0.15) is 0 Å². The number of carbonyl (C=O) groups is 1. The minimum Gasteiger partial charge on any atom is -0.297 e. The van der Waals surface area contributed by atoms with Crippen LogP contribution in [0.2, 0.25) is 0 Å². The Morgan fingerprint density at radius 3 is 3.06 bits per heavy atom. The van der Waals surface area contributed by atoms with Crippen LogP contribution in [0.4, 0.5) is 0 Å². The molecule has 6 heteroatoms. The van der Waals surface area contributed by atoms with Crippen molar-refractivity contribution in [3.8, 4) is 0 Å². The van der Waals surface area contributed by atoms with E-state index in [0.717, 1.165) is 37.7 Å². The minimum absolute atomic E-state index is 0.310. The second-order valence-electron chi connectivity index (χ2n) is 4.80. The van der Waals surface area contributed by atoms with E-state index in [4.69, 9.17) is 5.84 Å². The van der Waals surface area contributed by atoms with Crippen LogP contribution in [0.3, 0.4) is 0 Å². The summed E-state index contributed by atoms with van der Waals surface area (Å²) in [6.45, 7) is 5.27. The lowest BCUT2D eigenvalue weighted by Crippen LogP contribution is -2.30. The topological polar surface area (TPSA) is 71.2 Å².